The minimum absolute atomic E-state index is 1.02. The van der Waals surface area contributed by atoms with E-state index >= 15 is 0 Å². The van der Waals surface area contributed by atoms with Crippen LogP contribution in [-0.4, -0.2) is 22.6 Å². The molecule has 0 amide bonds. The number of rotatable bonds is 3. The van der Waals surface area contributed by atoms with E-state index in [1.165, 1.54) is 54.6 Å². The SMILES string of the molecule is c1ccc(N2c3ccccc3[Si]3(c4ccccc42)c2ccccc2N(c2ccc4c(c2)c2ccncc2n4-c2cccnc2)c2ccccc23)cc1. The lowest BCUT2D eigenvalue weighted by molar-refractivity contribution is 1.13. The van der Waals surface area contributed by atoms with Crippen molar-refractivity contribution in [1.82, 2.24) is 14.5 Å². The van der Waals surface area contributed by atoms with Crippen LogP contribution in [0, 0.1) is 0 Å². The van der Waals surface area contributed by atoms with Gasteiger partial charge in [-0.25, -0.2) is 0 Å². The lowest BCUT2D eigenvalue weighted by Gasteiger charge is -2.50. The Kier molecular flexibility index (Phi) is 6.20. The van der Waals surface area contributed by atoms with Crippen molar-refractivity contribution in [3.8, 4) is 5.69 Å². The lowest BCUT2D eigenvalue weighted by atomic mass is 10.1. The van der Waals surface area contributed by atoms with Gasteiger partial charge in [-0.2, -0.15) is 0 Å². The van der Waals surface area contributed by atoms with Crippen LogP contribution in [0.4, 0.5) is 34.1 Å². The zero-order valence-electron chi connectivity index (χ0n) is 28.1. The maximum Gasteiger partial charge on any atom is 0.188 e. The molecule has 0 unspecified atom stereocenters. The zero-order valence-corrected chi connectivity index (χ0v) is 29.1. The minimum Gasteiger partial charge on any atom is -0.311 e. The van der Waals surface area contributed by atoms with Crippen molar-refractivity contribution >= 4 is 84.8 Å². The molecular formula is C46H31N5Si. The maximum absolute atomic E-state index is 4.53. The van der Waals surface area contributed by atoms with Gasteiger partial charge < -0.3 is 14.4 Å². The smallest absolute Gasteiger partial charge is 0.188 e. The molecule has 52 heavy (non-hydrogen) atoms. The predicted molar refractivity (Wildman–Crippen MR) is 216 cm³/mol. The summed E-state index contributed by atoms with van der Waals surface area (Å²) in [5.41, 5.74) is 10.4. The molecule has 9 aromatic rings. The van der Waals surface area contributed by atoms with Gasteiger partial charge in [-0.3, -0.25) is 9.97 Å². The fourth-order valence-electron chi connectivity index (χ4n) is 8.97. The first kappa shape index (κ1) is 29.0. The number of benzene rings is 6. The van der Waals surface area contributed by atoms with E-state index in [2.05, 4.69) is 182 Å². The fraction of sp³-hybridized carbons (Fsp3) is 0. The summed E-state index contributed by atoms with van der Waals surface area (Å²) < 4.78 is 2.27. The Morgan fingerprint density at radius 2 is 0.885 bits per heavy atom. The topological polar surface area (TPSA) is 37.2 Å². The standard InChI is InChI=1S/C46H31N5Si/c1-2-13-32(14-3-1)49-38-16-4-8-20-43(38)52(44-21-9-5-17-39(44)49)45-22-10-6-18-40(45)50(41-19-7-11-23-46(41)52)33-24-25-37-36(29-33)35-26-28-48-31-42(35)51(37)34-15-12-27-47-30-34/h1-31H. The molecule has 2 aliphatic heterocycles. The maximum atomic E-state index is 4.53. The normalized spacial score (nSPS) is 13.8. The highest BCUT2D eigenvalue weighted by Crippen LogP contribution is 2.45. The van der Waals surface area contributed by atoms with Crippen LogP contribution in [-0.2, 0) is 0 Å². The first-order valence-electron chi connectivity index (χ1n) is 17.7. The molecule has 0 saturated heterocycles. The highest BCUT2D eigenvalue weighted by atomic mass is 28.3. The quantitative estimate of drug-likeness (QED) is 0.175. The monoisotopic (exact) mass is 681 g/mol. The first-order valence-corrected chi connectivity index (χ1v) is 19.7. The van der Waals surface area contributed by atoms with Gasteiger partial charge in [0.05, 0.1) is 29.1 Å². The number of anilines is 6. The van der Waals surface area contributed by atoms with Crippen molar-refractivity contribution in [2.24, 2.45) is 0 Å². The number of hydrogen-bond acceptors (Lipinski definition) is 4. The van der Waals surface area contributed by atoms with Crippen molar-refractivity contribution in [1.29, 1.82) is 0 Å². The Balaban J connectivity index is 1.20. The van der Waals surface area contributed by atoms with Gasteiger partial charge in [0.15, 0.2) is 8.07 Å². The Labute approximate surface area is 302 Å². The van der Waals surface area contributed by atoms with Gasteiger partial charge in [0.25, 0.3) is 0 Å². The lowest BCUT2D eigenvalue weighted by Crippen LogP contribution is -2.79. The molecule has 6 heteroatoms. The van der Waals surface area contributed by atoms with Crippen molar-refractivity contribution in [3.05, 3.63) is 189 Å². The van der Waals surface area contributed by atoms with E-state index in [4.69, 9.17) is 0 Å². The third-order valence-electron chi connectivity index (χ3n) is 10.9. The summed E-state index contributed by atoms with van der Waals surface area (Å²) in [4.78, 5) is 13.9. The molecule has 0 aliphatic carbocycles. The van der Waals surface area contributed by atoms with E-state index in [1.54, 1.807) is 0 Å². The predicted octanol–water partition coefficient (Wildman–Crippen LogP) is 8.52. The van der Waals surface area contributed by atoms with E-state index in [-0.39, 0.29) is 0 Å². The van der Waals surface area contributed by atoms with Gasteiger partial charge in [0.1, 0.15) is 0 Å². The van der Waals surface area contributed by atoms with Crippen LogP contribution in [0.2, 0.25) is 0 Å². The highest BCUT2D eigenvalue weighted by molar-refractivity contribution is 7.23. The number of aromatic nitrogens is 3. The first-order chi connectivity index (χ1) is 25.8. The zero-order chi connectivity index (χ0) is 34.2. The summed E-state index contributed by atoms with van der Waals surface area (Å²) in [5.74, 6) is 0. The van der Waals surface area contributed by atoms with Crippen LogP contribution in [0.3, 0.4) is 0 Å². The molecule has 0 radical (unpaired) electrons. The van der Waals surface area contributed by atoms with E-state index < -0.39 is 8.07 Å². The molecular weight excluding hydrogens is 651 g/mol. The highest BCUT2D eigenvalue weighted by Gasteiger charge is 2.53. The van der Waals surface area contributed by atoms with Crippen molar-refractivity contribution < 1.29 is 0 Å². The second kappa shape index (κ2) is 11.1. The molecule has 0 atom stereocenters. The number of pyridine rings is 2. The summed E-state index contributed by atoms with van der Waals surface area (Å²) in [6, 6.07) is 60.4. The van der Waals surface area contributed by atoms with E-state index in [1.807, 2.05) is 30.9 Å². The van der Waals surface area contributed by atoms with E-state index in [9.17, 15) is 0 Å². The molecule has 5 heterocycles. The molecule has 11 rings (SSSR count). The van der Waals surface area contributed by atoms with Crippen LogP contribution in [0.15, 0.2) is 189 Å². The van der Waals surface area contributed by atoms with Gasteiger partial charge in [0, 0.05) is 57.3 Å². The summed E-state index contributed by atoms with van der Waals surface area (Å²) in [6.45, 7) is 0. The van der Waals surface area contributed by atoms with Crippen LogP contribution in [0.25, 0.3) is 27.5 Å². The minimum atomic E-state index is -2.84. The summed E-state index contributed by atoms with van der Waals surface area (Å²) in [5, 5.41) is 7.93. The van der Waals surface area contributed by atoms with Crippen LogP contribution in [0.5, 0.6) is 0 Å². The van der Waals surface area contributed by atoms with Crippen LogP contribution >= 0.6 is 0 Å². The fourth-order valence-corrected chi connectivity index (χ4v) is 14.4. The summed E-state index contributed by atoms with van der Waals surface area (Å²) >= 11 is 0. The molecule has 0 saturated carbocycles. The van der Waals surface area contributed by atoms with Gasteiger partial charge >= 0.3 is 0 Å². The summed E-state index contributed by atoms with van der Waals surface area (Å²) in [6.07, 6.45) is 7.58. The molecule has 0 bridgehead atoms. The Morgan fingerprint density at radius 3 is 1.46 bits per heavy atom. The largest absolute Gasteiger partial charge is 0.311 e. The molecule has 244 valence electrons. The Bertz CT molecular complexity index is 2730. The van der Waals surface area contributed by atoms with Crippen LogP contribution in [0.1, 0.15) is 0 Å². The molecule has 0 N–H and O–H groups in total. The second-order valence-electron chi connectivity index (χ2n) is 13.5. The van der Waals surface area contributed by atoms with Gasteiger partial charge in [-0.1, -0.05) is 91.0 Å². The molecule has 3 aromatic heterocycles. The van der Waals surface area contributed by atoms with E-state index in [0.29, 0.717) is 0 Å². The Hall–Kier alpha value is -6.76. The Morgan fingerprint density at radius 1 is 0.365 bits per heavy atom. The molecule has 0 fully saturated rings. The average molecular weight is 682 g/mol. The number of fused-ring (bicyclic) bond motifs is 11. The van der Waals surface area contributed by atoms with Gasteiger partial charge in [0.2, 0.25) is 0 Å². The number of nitrogens with zero attached hydrogens (tertiary/aromatic N) is 5. The van der Waals surface area contributed by atoms with Crippen molar-refractivity contribution in [2.45, 2.75) is 0 Å². The van der Waals surface area contributed by atoms with Crippen LogP contribution < -0.4 is 30.5 Å². The van der Waals surface area contributed by atoms with Crippen molar-refractivity contribution in [2.75, 3.05) is 9.80 Å². The summed E-state index contributed by atoms with van der Waals surface area (Å²) in [7, 11) is -2.84. The number of hydrogen-bond donors (Lipinski definition) is 0. The molecule has 5 nitrogen and oxygen atoms in total. The van der Waals surface area contributed by atoms with Gasteiger partial charge in [-0.15, -0.1) is 0 Å². The average Bonchev–Trinajstić information content (AvgIpc) is 3.55. The number of para-hydroxylation sites is 5. The molecule has 6 aromatic carbocycles. The third kappa shape index (κ3) is 3.87. The molecule has 2 aliphatic rings. The van der Waals surface area contributed by atoms with E-state index in [0.717, 1.165) is 27.8 Å². The third-order valence-corrected chi connectivity index (χ3v) is 15.8. The van der Waals surface area contributed by atoms with Gasteiger partial charge in [-0.05, 0) is 93.5 Å². The molecule has 1 spiro atoms. The van der Waals surface area contributed by atoms with Crippen molar-refractivity contribution in [3.63, 3.8) is 0 Å². The second-order valence-corrected chi connectivity index (χ2v) is 17.1.